The lowest BCUT2D eigenvalue weighted by molar-refractivity contribution is 0.0547. The number of β-amino-alcohol motifs (C(OH)–C–C–N with tert-alkyl or cyclic N) is 1. The fourth-order valence-corrected chi connectivity index (χ4v) is 2.95. The first-order valence-corrected chi connectivity index (χ1v) is 8.40. The van der Waals surface area contributed by atoms with Gasteiger partial charge in [0.1, 0.15) is 5.69 Å². The van der Waals surface area contributed by atoms with E-state index in [1.165, 1.54) is 16.8 Å². The summed E-state index contributed by atoms with van der Waals surface area (Å²) in [6, 6.07) is 11.9. The predicted molar refractivity (Wildman–Crippen MR) is 93.9 cm³/mol. The van der Waals surface area contributed by atoms with Crippen molar-refractivity contribution in [1.29, 1.82) is 0 Å². The number of aliphatic hydroxyl groups is 1. The van der Waals surface area contributed by atoms with Gasteiger partial charge in [-0.2, -0.15) is 9.78 Å². The minimum absolute atomic E-state index is 0.179. The van der Waals surface area contributed by atoms with Gasteiger partial charge in [0.15, 0.2) is 0 Å². The number of carbonyl (C=O) groups excluding carboxylic acids is 1. The Morgan fingerprint density at radius 3 is 2.44 bits per heavy atom. The summed E-state index contributed by atoms with van der Waals surface area (Å²) in [5, 5.41) is 13.7. The Labute approximate surface area is 146 Å². The minimum atomic E-state index is -0.377. The summed E-state index contributed by atoms with van der Waals surface area (Å²) < 4.78 is 1.25. The standard InChI is InChI=1S/C18H22N4O3/c1-14(23)13-20-9-11-21(12-10-20)18(25)16-7-8-17(24)22(19-16)15-5-3-2-4-6-15/h2-8,14,23H,9-13H2,1H3. The van der Waals surface area contributed by atoms with Crippen molar-refractivity contribution in [3.8, 4) is 5.69 Å². The second-order valence-electron chi connectivity index (χ2n) is 6.25. The highest BCUT2D eigenvalue weighted by atomic mass is 16.3. The summed E-state index contributed by atoms with van der Waals surface area (Å²) in [6.07, 6.45) is -0.377. The van der Waals surface area contributed by atoms with Crippen LogP contribution in [-0.4, -0.2) is 69.4 Å². The molecule has 1 aliphatic rings. The number of carbonyl (C=O) groups is 1. The molecule has 1 aromatic carbocycles. The third-order valence-electron chi connectivity index (χ3n) is 4.20. The Bertz CT molecular complexity index is 780. The SMILES string of the molecule is CC(O)CN1CCN(C(=O)c2ccc(=O)n(-c3ccccc3)n2)CC1. The van der Waals surface area contributed by atoms with Gasteiger partial charge < -0.3 is 10.0 Å². The molecular weight excluding hydrogens is 320 g/mol. The van der Waals surface area contributed by atoms with Crippen molar-refractivity contribution in [3.63, 3.8) is 0 Å². The molecule has 7 heteroatoms. The summed E-state index contributed by atoms with van der Waals surface area (Å²) in [7, 11) is 0. The van der Waals surface area contributed by atoms with Crippen molar-refractivity contribution in [2.75, 3.05) is 32.7 Å². The number of amides is 1. The van der Waals surface area contributed by atoms with Crippen molar-refractivity contribution in [3.05, 3.63) is 58.5 Å². The molecule has 2 aromatic rings. The zero-order valence-corrected chi connectivity index (χ0v) is 14.2. The van der Waals surface area contributed by atoms with Crippen molar-refractivity contribution >= 4 is 5.91 Å². The molecule has 0 aliphatic carbocycles. The molecule has 25 heavy (non-hydrogen) atoms. The molecule has 1 N–H and O–H groups in total. The van der Waals surface area contributed by atoms with Crippen LogP contribution in [0.15, 0.2) is 47.3 Å². The highest BCUT2D eigenvalue weighted by molar-refractivity contribution is 5.92. The molecule has 1 atom stereocenters. The van der Waals surface area contributed by atoms with E-state index in [1.807, 2.05) is 18.2 Å². The summed E-state index contributed by atoms with van der Waals surface area (Å²) >= 11 is 0. The van der Waals surface area contributed by atoms with E-state index in [1.54, 1.807) is 24.0 Å². The molecule has 1 aliphatic heterocycles. The molecule has 1 aromatic heterocycles. The number of rotatable bonds is 4. The topological polar surface area (TPSA) is 78.7 Å². The van der Waals surface area contributed by atoms with E-state index in [4.69, 9.17) is 0 Å². The second kappa shape index (κ2) is 7.58. The highest BCUT2D eigenvalue weighted by Crippen LogP contribution is 2.08. The molecule has 0 bridgehead atoms. The maximum absolute atomic E-state index is 12.7. The van der Waals surface area contributed by atoms with Crippen molar-refractivity contribution in [1.82, 2.24) is 19.6 Å². The average molecular weight is 342 g/mol. The van der Waals surface area contributed by atoms with Crippen LogP contribution in [0.2, 0.25) is 0 Å². The number of para-hydroxylation sites is 1. The maximum Gasteiger partial charge on any atom is 0.274 e. The zero-order chi connectivity index (χ0) is 17.8. The van der Waals surface area contributed by atoms with Gasteiger partial charge >= 0.3 is 0 Å². The van der Waals surface area contributed by atoms with Crippen LogP contribution in [0.5, 0.6) is 0 Å². The first-order chi connectivity index (χ1) is 12.0. The zero-order valence-electron chi connectivity index (χ0n) is 14.2. The first-order valence-electron chi connectivity index (χ1n) is 8.40. The van der Waals surface area contributed by atoms with Gasteiger partial charge in [-0.15, -0.1) is 0 Å². The number of hydrogen-bond acceptors (Lipinski definition) is 5. The fraction of sp³-hybridized carbons (Fsp3) is 0.389. The summed E-state index contributed by atoms with van der Waals surface area (Å²) in [4.78, 5) is 28.6. The van der Waals surface area contributed by atoms with Crippen LogP contribution in [0.3, 0.4) is 0 Å². The van der Waals surface area contributed by atoms with E-state index >= 15 is 0 Å². The normalized spacial score (nSPS) is 16.6. The highest BCUT2D eigenvalue weighted by Gasteiger charge is 2.24. The van der Waals surface area contributed by atoms with Crippen LogP contribution in [0, 0.1) is 0 Å². The minimum Gasteiger partial charge on any atom is -0.392 e. The van der Waals surface area contributed by atoms with Crippen LogP contribution < -0.4 is 5.56 Å². The number of hydrogen-bond donors (Lipinski definition) is 1. The largest absolute Gasteiger partial charge is 0.392 e. The monoisotopic (exact) mass is 342 g/mol. The van der Waals surface area contributed by atoms with E-state index in [0.717, 1.165) is 13.1 Å². The molecule has 1 unspecified atom stereocenters. The smallest absolute Gasteiger partial charge is 0.274 e. The lowest BCUT2D eigenvalue weighted by Crippen LogP contribution is -2.50. The quantitative estimate of drug-likeness (QED) is 0.869. The first kappa shape index (κ1) is 17.3. The summed E-state index contributed by atoms with van der Waals surface area (Å²) in [5.41, 5.74) is 0.612. The van der Waals surface area contributed by atoms with Crippen LogP contribution >= 0.6 is 0 Å². The molecule has 2 heterocycles. The van der Waals surface area contributed by atoms with Gasteiger partial charge in [0.25, 0.3) is 11.5 Å². The van der Waals surface area contributed by atoms with E-state index < -0.39 is 0 Å². The molecule has 1 saturated heterocycles. The van der Waals surface area contributed by atoms with Gasteiger partial charge in [-0.05, 0) is 25.1 Å². The molecule has 3 rings (SSSR count). The van der Waals surface area contributed by atoms with Gasteiger partial charge in [0, 0.05) is 38.8 Å². The Balaban J connectivity index is 1.74. The Morgan fingerprint density at radius 2 is 1.80 bits per heavy atom. The third-order valence-corrected chi connectivity index (χ3v) is 4.20. The molecular formula is C18H22N4O3. The van der Waals surface area contributed by atoms with Gasteiger partial charge in [0.05, 0.1) is 11.8 Å². The molecule has 7 nitrogen and oxygen atoms in total. The molecule has 1 fully saturated rings. The lowest BCUT2D eigenvalue weighted by Gasteiger charge is -2.35. The van der Waals surface area contributed by atoms with Gasteiger partial charge in [-0.3, -0.25) is 14.5 Å². The average Bonchev–Trinajstić information content (AvgIpc) is 2.62. The van der Waals surface area contributed by atoms with Gasteiger partial charge in [-0.1, -0.05) is 18.2 Å². The van der Waals surface area contributed by atoms with Crippen molar-refractivity contribution in [2.45, 2.75) is 13.0 Å². The van der Waals surface area contributed by atoms with Crippen LogP contribution in [-0.2, 0) is 0 Å². The molecule has 0 saturated carbocycles. The lowest BCUT2D eigenvalue weighted by atomic mass is 10.2. The number of aliphatic hydroxyl groups excluding tert-OH is 1. The maximum atomic E-state index is 12.7. The van der Waals surface area contributed by atoms with E-state index in [2.05, 4.69) is 10.00 Å². The van der Waals surface area contributed by atoms with Crippen LogP contribution in [0.4, 0.5) is 0 Å². The number of aromatic nitrogens is 2. The Kier molecular flexibility index (Phi) is 5.25. The van der Waals surface area contributed by atoms with E-state index in [9.17, 15) is 14.7 Å². The van der Waals surface area contributed by atoms with E-state index in [-0.39, 0.29) is 23.3 Å². The van der Waals surface area contributed by atoms with Crippen molar-refractivity contribution in [2.24, 2.45) is 0 Å². The molecule has 132 valence electrons. The number of piperazine rings is 1. The fourth-order valence-electron chi connectivity index (χ4n) is 2.95. The van der Waals surface area contributed by atoms with Gasteiger partial charge in [-0.25, -0.2) is 0 Å². The molecule has 1 amide bonds. The van der Waals surface area contributed by atoms with Crippen LogP contribution in [0.25, 0.3) is 5.69 Å². The van der Waals surface area contributed by atoms with E-state index in [0.29, 0.717) is 25.3 Å². The predicted octanol–water partition coefficient (Wildman–Crippen LogP) is 0.371. The molecule has 0 spiro atoms. The summed E-state index contributed by atoms with van der Waals surface area (Å²) in [5.74, 6) is -0.179. The molecule has 0 radical (unpaired) electrons. The van der Waals surface area contributed by atoms with Crippen molar-refractivity contribution < 1.29 is 9.90 Å². The number of nitrogens with zero attached hydrogens (tertiary/aromatic N) is 4. The third kappa shape index (κ3) is 4.12. The number of benzene rings is 1. The van der Waals surface area contributed by atoms with Gasteiger partial charge in [0.2, 0.25) is 0 Å². The van der Waals surface area contributed by atoms with Crippen LogP contribution in [0.1, 0.15) is 17.4 Å². The second-order valence-corrected chi connectivity index (χ2v) is 6.25. The Hall–Kier alpha value is -2.51. The summed E-state index contributed by atoms with van der Waals surface area (Å²) in [6.45, 7) is 4.97. The Morgan fingerprint density at radius 1 is 1.12 bits per heavy atom.